The van der Waals surface area contributed by atoms with Crippen LogP contribution in [0.15, 0.2) is 30.3 Å². The number of rotatable bonds is 4. The first-order valence-corrected chi connectivity index (χ1v) is 13.0. The van der Waals surface area contributed by atoms with Gasteiger partial charge in [-0.3, -0.25) is 0 Å². The summed E-state index contributed by atoms with van der Waals surface area (Å²) in [6, 6.07) is 10.8. The molecule has 0 N–H and O–H groups in total. The van der Waals surface area contributed by atoms with Crippen molar-refractivity contribution >= 4 is 25.2 Å². The van der Waals surface area contributed by atoms with Gasteiger partial charge in [0, 0.05) is 0 Å². The summed E-state index contributed by atoms with van der Waals surface area (Å²) in [5.41, 5.74) is 0.459. The average molecular weight is 432 g/mol. The number of hydrogen-bond acceptors (Lipinski definition) is 1. The Hall–Kier alpha value is -0.591. The molecule has 2 heteroatoms. The van der Waals surface area contributed by atoms with Crippen molar-refractivity contribution in [3.63, 3.8) is 0 Å². The predicted molar refractivity (Wildman–Crippen MR) is 114 cm³/mol. The Morgan fingerprint density at radius 2 is 1.78 bits per heavy atom. The van der Waals surface area contributed by atoms with Gasteiger partial charge >= 0.3 is 172 Å². The first kappa shape index (κ1) is 19.7. The molecule has 3 saturated carbocycles. The van der Waals surface area contributed by atoms with Crippen LogP contribution in [0.3, 0.4) is 0 Å². The molecule has 148 valence electrons. The molecule has 3 aliphatic rings. The van der Waals surface area contributed by atoms with Crippen molar-refractivity contribution in [1.29, 1.82) is 0 Å². The Morgan fingerprint density at radius 3 is 2.44 bits per heavy atom. The number of carbonyl (C=O) groups is 1. The SMILES string of the molecule is CC[C@@H]1CC[C@@H]2[C@H](CC[C@]3(C)C(=O)C([Se]c4ccccc4)C[C@@H]23)[C@@]1(C)CC. The third-order valence-electron chi connectivity index (χ3n) is 9.05. The summed E-state index contributed by atoms with van der Waals surface area (Å²) in [6.07, 6.45) is 8.99. The fraction of sp³-hybridized carbons (Fsp3) is 0.720. The van der Waals surface area contributed by atoms with Gasteiger partial charge in [-0.1, -0.05) is 0 Å². The van der Waals surface area contributed by atoms with E-state index in [1.807, 2.05) is 0 Å². The minimum atomic E-state index is -0.0317. The Morgan fingerprint density at radius 1 is 1.04 bits per heavy atom. The van der Waals surface area contributed by atoms with Crippen molar-refractivity contribution in [3.8, 4) is 0 Å². The summed E-state index contributed by atoms with van der Waals surface area (Å²) < 4.78 is 1.40. The third-order valence-corrected chi connectivity index (χ3v) is 11.6. The monoisotopic (exact) mass is 432 g/mol. The van der Waals surface area contributed by atoms with Crippen LogP contribution in [0.25, 0.3) is 0 Å². The zero-order valence-corrected chi connectivity index (χ0v) is 19.3. The van der Waals surface area contributed by atoms with E-state index in [4.69, 9.17) is 0 Å². The van der Waals surface area contributed by atoms with Gasteiger partial charge in [-0.05, 0) is 0 Å². The second-order valence-corrected chi connectivity index (χ2v) is 12.6. The Balaban J connectivity index is 1.59. The number of Topliss-reactive ketones (excluding diaryl/α,β-unsaturated/α-hetero) is 1. The molecule has 0 saturated heterocycles. The zero-order chi connectivity index (χ0) is 19.2. The molecule has 0 bridgehead atoms. The molecule has 1 aromatic carbocycles. The minimum absolute atomic E-state index is 0.0317. The van der Waals surface area contributed by atoms with Crippen molar-refractivity contribution in [2.75, 3.05) is 0 Å². The van der Waals surface area contributed by atoms with E-state index in [2.05, 4.69) is 58.0 Å². The molecular weight excluding hydrogens is 395 g/mol. The van der Waals surface area contributed by atoms with Crippen molar-refractivity contribution in [3.05, 3.63) is 30.3 Å². The van der Waals surface area contributed by atoms with Gasteiger partial charge in [0.05, 0.1) is 0 Å². The van der Waals surface area contributed by atoms with E-state index in [9.17, 15) is 4.79 Å². The maximum atomic E-state index is 13.5. The van der Waals surface area contributed by atoms with Crippen LogP contribution in [0.2, 0.25) is 4.82 Å². The molecule has 0 amide bonds. The van der Waals surface area contributed by atoms with Gasteiger partial charge in [0.2, 0.25) is 0 Å². The average Bonchev–Trinajstić information content (AvgIpc) is 2.94. The Labute approximate surface area is 172 Å². The van der Waals surface area contributed by atoms with Crippen molar-refractivity contribution in [2.24, 2.45) is 34.5 Å². The van der Waals surface area contributed by atoms with Gasteiger partial charge in [-0.15, -0.1) is 0 Å². The molecule has 1 unspecified atom stereocenters. The van der Waals surface area contributed by atoms with Gasteiger partial charge in [0.15, 0.2) is 0 Å². The number of carbonyl (C=O) groups excluding carboxylic acids is 1. The third kappa shape index (κ3) is 3.06. The summed E-state index contributed by atoms with van der Waals surface area (Å²) in [4.78, 5) is 13.8. The van der Waals surface area contributed by atoms with E-state index in [0.29, 0.717) is 36.9 Å². The molecule has 1 aromatic rings. The van der Waals surface area contributed by atoms with Crippen LogP contribution in [-0.2, 0) is 4.79 Å². The van der Waals surface area contributed by atoms with Gasteiger partial charge in [-0.2, -0.15) is 0 Å². The van der Waals surface area contributed by atoms with E-state index < -0.39 is 0 Å². The first-order chi connectivity index (χ1) is 12.9. The van der Waals surface area contributed by atoms with Crippen LogP contribution in [-0.4, -0.2) is 20.7 Å². The van der Waals surface area contributed by atoms with E-state index in [-0.39, 0.29) is 5.41 Å². The van der Waals surface area contributed by atoms with Crippen molar-refractivity contribution < 1.29 is 4.79 Å². The second-order valence-electron chi connectivity index (χ2n) is 9.89. The Bertz CT molecular complexity index is 685. The summed E-state index contributed by atoms with van der Waals surface area (Å²) in [7, 11) is 0. The number of benzene rings is 1. The van der Waals surface area contributed by atoms with Crippen LogP contribution < -0.4 is 4.46 Å². The zero-order valence-electron chi connectivity index (χ0n) is 17.5. The van der Waals surface area contributed by atoms with E-state index in [0.717, 1.165) is 24.2 Å². The predicted octanol–water partition coefficient (Wildman–Crippen LogP) is 5.66. The first-order valence-electron chi connectivity index (χ1n) is 11.2. The van der Waals surface area contributed by atoms with Gasteiger partial charge in [0.1, 0.15) is 0 Å². The molecule has 0 aliphatic heterocycles. The molecule has 0 spiro atoms. The van der Waals surface area contributed by atoms with Gasteiger partial charge in [-0.25, -0.2) is 0 Å². The van der Waals surface area contributed by atoms with Crippen LogP contribution in [0.5, 0.6) is 0 Å². The summed E-state index contributed by atoms with van der Waals surface area (Å²) in [6.45, 7) is 9.73. The van der Waals surface area contributed by atoms with E-state index >= 15 is 0 Å². The van der Waals surface area contributed by atoms with Gasteiger partial charge < -0.3 is 0 Å². The maximum absolute atomic E-state index is 13.5. The molecule has 0 radical (unpaired) electrons. The molecule has 3 aliphatic carbocycles. The topological polar surface area (TPSA) is 17.1 Å². The van der Waals surface area contributed by atoms with E-state index in [1.165, 1.54) is 43.0 Å². The van der Waals surface area contributed by atoms with Crippen LogP contribution in [0, 0.1) is 34.5 Å². The summed E-state index contributed by atoms with van der Waals surface area (Å²) in [5, 5.41) is 0. The Kier molecular flexibility index (Phi) is 5.36. The molecule has 3 fully saturated rings. The molecule has 4 rings (SSSR count). The molecule has 0 aromatic heterocycles. The van der Waals surface area contributed by atoms with Gasteiger partial charge in [0.25, 0.3) is 0 Å². The standard InChI is InChI=1S/C25H36OSe/c1-5-17-12-13-19-20(24(17,3)6-2)14-15-25(4)21(19)16-22(23(25)26)27-18-10-8-7-9-11-18/h7-11,17,19-22H,5-6,12-16H2,1-4H3/t17-,19-,20+,21+,22?,24+,25+/m1/s1. The van der Waals surface area contributed by atoms with Crippen molar-refractivity contribution in [1.82, 2.24) is 0 Å². The molecule has 7 atom stereocenters. The summed E-state index contributed by atoms with van der Waals surface area (Å²) >= 11 is 0.295. The fourth-order valence-corrected chi connectivity index (χ4v) is 10.1. The van der Waals surface area contributed by atoms with Crippen LogP contribution in [0.1, 0.15) is 72.6 Å². The molecule has 1 nitrogen and oxygen atoms in total. The number of hydrogen-bond donors (Lipinski definition) is 0. The summed E-state index contributed by atoms with van der Waals surface area (Å²) in [5.74, 6) is 3.77. The number of fused-ring (bicyclic) bond motifs is 3. The molecular formula is C25H36OSe. The molecule has 27 heavy (non-hydrogen) atoms. The van der Waals surface area contributed by atoms with Crippen LogP contribution in [0.4, 0.5) is 0 Å². The molecule has 0 heterocycles. The quantitative estimate of drug-likeness (QED) is 0.562. The van der Waals surface area contributed by atoms with Crippen LogP contribution >= 0.6 is 0 Å². The van der Waals surface area contributed by atoms with E-state index in [1.54, 1.807) is 0 Å². The second kappa shape index (κ2) is 7.34. The number of ketones is 1. The van der Waals surface area contributed by atoms with Crippen molar-refractivity contribution in [2.45, 2.75) is 77.5 Å². The fourth-order valence-electron chi connectivity index (χ4n) is 7.29. The normalized spacial score (nSPS) is 44.0.